The minimum Gasteiger partial charge on any atom is -0.497 e. The first-order chi connectivity index (χ1) is 12.6. The zero-order chi connectivity index (χ0) is 18.7. The first-order valence-electron chi connectivity index (χ1n) is 8.28. The molecule has 0 saturated heterocycles. The smallest absolute Gasteiger partial charge is 0.306 e. The average Bonchev–Trinajstić information content (AvgIpc) is 3.05. The Morgan fingerprint density at radius 1 is 1.04 bits per heavy atom. The Labute approximate surface area is 152 Å². The van der Waals surface area contributed by atoms with E-state index in [4.69, 9.17) is 14.2 Å². The van der Waals surface area contributed by atoms with Crippen LogP contribution in [0.3, 0.4) is 0 Å². The van der Waals surface area contributed by atoms with Crippen molar-refractivity contribution in [3.63, 3.8) is 0 Å². The number of nitrogens with zero attached hydrogens (tertiary/aromatic N) is 1. The van der Waals surface area contributed by atoms with Crippen molar-refractivity contribution in [3.05, 3.63) is 53.6 Å². The Kier molecular flexibility index (Phi) is 5.11. The van der Waals surface area contributed by atoms with Crippen LogP contribution < -0.4 is 14.4 Å². The van der Waals surface area contributed by atoms with Crippen LogP contribution in [0.15, 0.2) is 42.5 Å². The molecule has 1 heterocycles. The van der Waals surface area contributed by atoms with Gasteiger partial charge in [-0.2, -0.15) is 0 Å². The summed E-state index contributed by atoms with van der Waals surface area (Å²) in [6.45, 7) is 0.423. The monoisotopic (exact) mass is 355 g/mol. The highest BCUT2D eigenvalue weighted by Gasteiger charge is 2.34. The van der Waals surface area contributed by atoms with E-state index in [1.807, 2.05) is 24.3 Å². The van der Waals surface area contributed by atoms with Crippen LogP contribution in [-0.2, 0) is 9.53 Å². The number of carbonyl (C=O) groups is 2. The van der Waals surface area contributed by atoms with Crippen molar-refractivity contribution in [3.8, 4) is 11.5 Å². The number of ether oxygens (including phenoxy) is 3. The number of para-hydroxylation sites is 1. The highest BCUT2D eigenvalue weighted by atomic mass is 16.5. The topological polar surface area (TPSA) is 65.1 Å². The molecule has 0 spiro atoms. The highest BCUT2D eigenvalue weighted by molar-refractivity contribution is 6.08. The Hall–Kier alpha value is -3.02. The van der Waals surface area contributed by atoms with Gasteiger partial charge in [0.1, 0.15) is 11.5 Å². The van der Waals surface area contributed by atoms with E-state index in [-0.39, 0.29) is 24.2 Å². The number of anilines is 1. The van der Waals surface area contributed by atoms with Gasteiger partial charge in [-0.05, 0) is 23.8 Å². The number of amides is 1. The zero-order valence-electron chi connectivity index (χ0n) is 15.0. The Bertz CT molecular complexity index is 810. The second-order valence-electron chi connectivity index (χ2n) is 6.05. The Morgan fingerprint density at radius 3 is 2.31 bits per heavy atom. The summed E-state index contributed by atoms with van der Waals surface area (Å²) in [5.74, 6) is 0.553. The summed E-state index contributed by atoms with van der Waals surface area (Å²) in [5, 5.41) is 0. The Morgan fingerprint density at radius 2 is 1.69 bits per heavy atom. The molecule has 0 bridgehead atoms. The molecule has 0 radical (unpaired) electrons. The summed E-state index contributed by atoms with van der Waals surface area (Å²) in [6, 6.07) is 12.7. The standard InChI is InChI=1S/C20H21NO5/c1-24-15-8-13(9-16(11-15)25-2)20(23)21-12-14(10-19(22)26-3)17-6-4-5-7-18(17)21/h4-9,11,14H,10,12H2,1-3H3. The van der Waals surface area contributed by atoms with Crippen LogP contribution in [-0.4, -0.2) is 39.8 Å². The molecule has 6 nitrogen and oxygen atoms in total. The molecule has 1 aliphatic rings. The van der Waals surface area contributed by atoms with E-state index in [9.17, 15) is 9.59 Å². The SMILES string of the molecule is COC(=O)CC1CN(C(=O)c2cc(OC)cc(OC)c2)c2ccccc21. The largest absolute Gasteiger partial charge is 0.497 e. The van der Waals surface area contributed by atoms with Gasteiger partial charge in [-0.1, -0.05) is 18.2 Å². The third-order valence-electron chi connectivity index (χ3n) is 4.55. The van der Waals surface area contributed by atoms with Gasteiger partial charge in [0.15, 0.2) is 0 Å². The molecule has 0 aromatic heterocycles. The van der Waals surface area contributed by atoms with Gasteiger partial charge >= 0.3 is 5.97 Å². The molecule has 1 amide bonds. The van der Waals surface area contributed by atoms with Crippen LogP contribution in [0.2, 0.25) is 0 Å². The predicted octanol–water partition coefficient (Wildman–Crippen LogP) is 3.01. The number of hydrogen-bond acceptors (Lipinski definition) is 5. The maximum absolute atomic E-state index is 13.1. The van der Waals surface area contributed by atoms with Crippen LogP contribution in [0.25, 0.3) is 0 Å². The first-order valence-corrected chi connectivity index (χ1v) is 8.28. The molecule has 6 heteroatoms. The minimum absolute atomic E-state index is 0.0879. The van der Waals surface area contributed by atoms with E-state index in [0.29, 0.717) is 23.6 Å². The molecule has 1 atom stereocenters. The number of rotatable bonds is 5. The molecule has 0 aliphatic carbocycles. The molecule has 2 aromatic rings. The van der Waals surface area contributed by atoms with Crippen molar-refractivity contribution in [1.82, 2.24) is 0 Å². The van der Waals surface area contributed by atoms with Gasteiger partial charge in [-0.25, -0.2) is 0 Å². The first kappa shape index (κ1) is 17.8. The van der Waals surface area contributed by atoms with Crippen LogP contribution in [0.4, 0.5) is 5.69 Å². The molecule has 0 saturated carbocycles. The van der Waals surface area contributed by atoms with Crippen molar-refractivity contribution in [2.24, 2.45) is 0 Å². The van der Waals surface area contributed by atoms with Crippen LogP contribution in [0, 0.1) is 0 Å². The maximum Gasteiger partial charge on any atom is 0.306 e. The normalized spacial score (nSPS) is 15.3. The number of hydrogen-bond donors (Lipinski definition) is 0. The van der Waals surface area contributed by atoms with E-state index in [1.165, 1.54) is 7.11 Å². The van der Waals surface area contributed by atoms with Gasteiger partial charge in [0.2, 0.25) is 0 Å². The summed E-state index contributed by atoms with van der Waals surface area (Å²) in [5.41, 5.74) is 2.25. The van der Waals surface area contributed by atoms with Crippen molar-refractivity contribution in [2.75, 3.05) is 32.8 Å². The summed E-state index contributed by atoms with van der Waals surface area (Å²) in [7, 11) is 4.45. The highest BCUT2D eigenvalue weighted by Crippen LogP contribution is 2.39. The summed E-state index contributed by atoms with van der Waals surface area (Å²) in [6.07, 6.45) is 0.235. The molecule has 0 fully saturated rings. The average molecular weight is 355 g/mol. The molecule has 3 rings (SSSR count). The van der Waals surface area contributed by atoms with Gasteiger partial charge < -0.3 is 19.1 Å². The third-order valence-corrected chi connectivity index (χ3v) is 4.55. The minimum atomic E-state index is -0.290. The summed E-state index contributed by atoms with van der Waals surface area (Å²) in [4.78, 5) is 26.6. The second-order valence-corrected chi connectivity index (χ2v) is 6.05. The van der Waals surface area contributed by atoms with Crippen LogP contribution in [0.5, 0.6) is 11.5 Å². The van der Waals surface area contributed by atoms with Gasteiger partial charge in [0.05, 0.1) is 27.8 Å². The van der Waals surface area contributed by atoms with Crippen LogP contribution >= 0.6 is 0 Å². The van der Waals surface area contributed by atoms with Crippen molar-refractivity contribution < 1.29 is 23.8 Å². The van der Waals surface area contributed by atoms with Crippen molar-refractivity contribution in [1.29, 1.82) is 0 Å². The van der Waals surface area contributed by atoms with E-state index >= 15 is 0 Å². The molecule has 2 aromatic carbocycles. The number of carbonyl (C=O) groups excluding carboxylic acids is 2. The molecular weight excluding hydrogens is 334 g/mol. The fourth-order valence-corrected chi connectivity index (χ4v) is 3.23. The van der Waals surface area contributed by atoms with Gasteiger partial charge in [0.25, 0.3) is 5.91 Å². The lowest BCUT2D eigenvalue weighted by Crippen LogP contribution is -2.30. The molecular formula is C20H21NO5. The molecule has 136 valence electrons. The van der Waals surface area contributed by atoms with Crippen LogP contribution in [0.1, 0.15) is 28.3 Å². The van der Waals surface area contributed by atoms with Crippen molar-refractivity contribution >= 4 is 17.6 Å². The molecule has 0 N–H and O–H groups in total. The maximum atomic E-state index is 13.1. The van der Waals surface area contributed by atoms with Gasteiger partial charge in [-0.15, -0.1) is 0 Å². The number of fused-ring (bicyclic) bond motifs is 1. The third kappa shape index (κ3) is 3.35. The lowest BCUT2D eigenvalue weighted by molar-refractivity contribution is -0.141. The summed E-state index contributed by atoms with van der Waals surface area (Å²) >= 11 is 0. The predicted molar refractivity (Wildman–Crippen MR) is 97.0 cm³/mol. The zero-order valence-corrected chi connectivity index (χ0v) is 15.0. The fourth-order valence-electron chi connectivity index (χ4n) is 3.23. The van der Waals surface area contributed by atoms with E-state index in [0.717, 1.165) is 11.3 Å². The Balaban J connectivity index is 1.94. The number of methoxy groups -OCH3 is 3. The number of esters is 1. The fraction of sp³-hybridized carbons (Fsp3) is 0.300. The second kappa shape index (κ2) is 7.47. The van der Waals surface area contributed by atoms with E-state index in [2.05, 4.69) is 0 Å². The van der Waals surface area contributed by atoms with Crippen molar-refractivity contribution in [2.45, 2.75) is 12.3 Å². The van der Waals surface area contributed by atoms with E-state index in [1.54, 1.807) is 37.3 Å². The molecule has 1 aliphatic heterocycles. The number of benzene rings is 2. The van der Waals surface area contributed by atoms with E-state index < -0.39 is 0 Å². The molecule has 26 heavy (non-hydrogen) atoms. The lowest BCUT2D eigenvalue weighted by atomic mass is 9.98. The van der Waals surface area contributed by atoms with Gasteiger partial charge in [-0.3, -0.25) is 9.59 Å². The summed E-state index contributed by atoms with van der Waals surface area (Å²) < 4.78 is 15.3. The van der Waals surface area contributed by atoms with Gasteiger partial charge in [0, 0.05) is 29.8 Å². The quantitative estimate of drug-likeness (QED) is 0.772. The lowest BCUT2D eigenvalue weighted by Gasteiger charge is -2.19. The molecule has 1 unspecified atom stereocenters.